The van der Waals surface area contributed by atoms with Gasteiger partial charge in [0.05, 0.1) is 13.0 Å². The Bertz CT molecular complexity index is 598. The van der Waals surface area contributed by atoms with E-state index in [4.69, 9.17) is 4.74 Å². The van der Waals surface area contributed by atoms with Crippen molar-refractivity contribution < 1.29 is 9.53 Å². The van der Waals surface area contributed by atoms with Gasteiger partial charge in [0.15, 0.2) is 0 Å². The summed E-state index contributed by atoms with van der Waals surface area (Å²) in [7, 11) is 1.45. The molecule has 0 saturated heterocycles. The Kier molecular flexibility index (Phi) is 6.36. The maximum atomic E-state index is 11.8. The minimum atomic E-state index is -0.164. The lowest BCUT2D eigenvalue weighted by atomic mass is 10.0. The molecule has 2 rings (SSSR count). The monoisotopic (exact) mass is 311 g/mol. The van der Waals surface area contributed by atoms with Crippen molar-refractivity contribution in [1.82, 2.24) is 4.90 Å². The average molecular weight is 311 g/mol. The zero-order valence-corrected chi connectivity index (χ0v) is 14.1. The Balaban J connectivity index is 2.18. The number of ether oxygens (including phenoxy) is 1. The molecule has 0 bridgehead atoms. The van der Waals surface area contributed by atoms with E-state index in [1.807, 2.05) is 31.2 Å². The minimum Gasteiger partial charge on any atom is -0.469 e. The molecule has 0 fully saturated rings. The first kappa shape index (κ1) is 17.2. The summed E-state index contributed by atoms with van der Waals surface area (Å²) in [5.41, 5.74) is 2.49. The fraction of sp³-hybridized carbons (Fsp3) is 0.350. The Hall–Kier alpha value is -2.13. The summed E-state index contributed by atoms with van der Waals surface area (Å²) >= 11 is 0. The molecule has 2 atom stereocenters. The van der Waals surface area contributed by atoms with Crippen LogP contribution in [0.5, 0.6) is 0 Å². The van der Waals surface area contributed by atoms with Crippen LogP contribution >= 0.6 is 0 Å². The maximum Gasteiger partial charge on any atom is 0.309 e. The molecule has 0 unspecified atom stereocenters. The average Bonchev–Trinajstić information content (AvgIpc) is 2.61. The quantitative estimate of drug-likeness (QED) is 0.722. The zero-order chi connectivity index (χ0) is 16.7. The third kappa shape index (κ3) is 4.93. The predicted octanol–water partition coefficient (Wildman–Crippen LogP) is 4.06. The van der Waals surface area contributed by atoms with Crippen LogP contribution in [-0.2, 0) is 16.1 Å². The van der Waals surface area contributed by atoms with Gasteiger partial charge in [0.1, 0.15) is 0 Å². The molecule has 2 aromatic rings. The molecule has 0 heterocycles. The van der Waals surface area contributed by atoms with Gasteiger partial charge in [-0.3, -0.25) is 9.69 Å². The number of esters is 1. The zero-order valence-electron chi connectivity index (χ0n) is 14.1. The number of hydrogen-bond acceptors (Lipinski definition) is 3. The Morgan fingerprint density at radius 3 is 2.13 bits per heavy atom. The lowest BCUT2D eigenvalue weighted by Crippen LogP contribution is -2.34. The van der Waals surface area contributed by atoms with E-state index in [9.17, 15) is 4.79 Å². The summed E-state index contributed by atoms with van der Waals surface area (Å²) in [5.74, 6) is -0.321. The first-order chi connectivity index (χ1) is 11.1. The number of methoxy groups -OCH3 is 1. The molecular formula is C20H25NO2. The molecule has 0 aromatic heterocycles. The first-order valence-electron chi connectivity index (χ1n) is 8.02. The fourth-order valence-corrected chi connectivity index (χ4v) is 2.75. The summed E-state index contributed by atoms with van der Waals surface area (Å²) in [6.07, 6.45) is 0. The van der Waals surface area contributed by atoms with Crippen molar-refractivity contribution in [3.8, 4) is 0 Å². The van der Waals surface area contributed by atoms with E-state index in [1.54, 1.807) is 0 Å². The molecular weight excluding hydrogens is 286 g/mol. The van der Waals surface area contributed by atoms with Crippen molar-refractivity contribution in [3.05, 3.63) is 71.8 Å². The lowest BCUT2D eigenvalue weighted by Gasteiger charge is -2.31. The van der Waals surface area contributed by atoms with Gasteiger partial charge in [-0.2, -0.15) is 0 Å². The normalized spacial score (nSPS) is 13.6. The molecule has 0 amide bonds. The van der Waals surface area contributed by atoms with Crippen LogP contribution in [0.1, 0.15) is 31.0 Å². The third-order valence-electron chi connectivity index (χ3n) is 4.17. The van der Waals surface area contributed by atoms with Crippen LogP contribution in [0.25, 0.3) is 0 Å². The van der Waals surface area contributed by atoms with Gasteiger partial charge < -0.3 is 4.74 Å². The highest BCUT2D eigenvalue weighted by Gasteiger charge is 2.22. The van der Waals surface area contributed by atoms with E-state index in [-0.39, 0.29) is 17.9 Å². The molecule has 122 valence electrons. The number of rotatable bonds is 7. The SMILES string of the molecule is COC(=O)[C@@H](C)CN(Cc1ccccc1)[C@@H](C)c1ccccc1. The molecule has 0 aliphatic rings. The van der Waals surface area contributed by atoms with Crippen LogP contribution in [0.4, 0.5) is 0 Å². The third-order valence-corrected chi connectivity index (χ3v) is 4.17. The number of hydrogen-bond donors (Lipinski definition) is 0. The predicted molar refractivity (Wildman–Crippen MR) is 92.9 cm³/mol. The topological polar surface area (TPSA) is 29.5 Å². The maximum absolute atomic E-state index is 11.8. The highest BCUT2D eigenvalue weighted by Crippen LogP contribution is 2.23. The molecule has 3 nitrogen and oxygen atoms in total. The Labute approximate surface area is 138 Å². The number of nitrogens with zero attached hydrogens (tertiary/aromatic N) is 1. The van der Waals surface area contributed by atoms with E-state index in [2.05, 4.69) is 48.2 Å². The fourth-order valence-electron chi connectivity index (χ4n) is 2.75. The molecule has 0 spiro atoms. The molecule has 0 aliphatic heterocycles. The van der Waals surface area contributed by atoms with E-state index >= 15 is 0 Å². The van der Waals surface area contributed by atoms with Crippen molar-refractivity contribution >= 4 is 5.97 Å². The highest BCUT2D eigenvalue weighted by molar-refractivity contribution is 5.72. The van der Waals surface area contributed by atoms with Gasteiger partial charge in [-0.1, -0.05) is 67.6 Å². The number of carbonyl (C=O) groups excluding carboxylic acids is 1. The molecule has 0 radical (unpaired) electrons. The van der Waals surface area contributed by atoms with Crippen LogP contribution in [0.15, 0.2) is 60.7 Å². The van der Waals surface area contributed by atoms with Crippen molar-refractivity contribution in [1.29, 1.82) is 0 Å². The summed E-state index contributed by atoms with van der Waals surface area (Å²) in [6, 6.07) is 21.0. The smallest absolute Gasteiger partial charge is 0.309 e. The second-order valence-electron chi connectivity index (χ2n) is 5.93. The molecule has 23 heavy (non-hydrogen) atoms. The van der Waals surface area contributed by atoms with Crippen molar-refractivity contribution in [2.75, 3.05) is 13.7 Å². The van der Waals surface area contributed by atoms with Crippen molar-refractivity contribution in [2.45, 2.75) is 26.4 Å². The lowest BCUT2D eigenvalue weighted by molar-refractivity contribution is -0.145. The summed E-state index contributed by atoms with van der Waals surface area (Å²) in [5, 5.41) is 0. The molecule has 3 heteroatoms. The van der Waals surface area contributed by atoms with E-state index in [0.29, 0.717) is 6.54 Å². The van der Waals surface area contributed by atoms with Gasteiger partial charge in [0, 0.05) is 19.1 Å². The number of benzene rings is 2. The molecule has 0 saturated carbocycles. The molecule has 2 aromatic carbocycles. The van der Waals surface area contributed by atoms with Gasteiger partial charge in [-0.15, -0.1) is 0 Å². The van der Waals surface area contributed by atoms with E-state index in [0.717, 1.165) is 6.54 Å². The van der Waals surface area contributed by atoms with E-state index < -0.39 is 0 Å². The highest BCUT2D eigenvalue weighted by atomic mass is 16.5. The van der Waals surface area contributed by atoms with Gasteiger partial charge in [0.2, 0.25) is 0 Å². The van der Waals surface area contributed by atoms with Gasteiger partial charge in [-0.25, -0.2) is 0 Å². The van der Waals surface area contributed by atoms with E-state index in [1.165, 1.54) is 18.2 Å². The van der Waals surface area contributed by atoms with Crippen LogP contribution < -0.4 is 0 Å². The summed E-state index contributed by atoms with van der Waals surface area (Å²) in [4.78, 5) is 14.1. The second-order valence-corrected chi connectivity index (χ2v) is 5.93. The van der Waals surface area contributed by atoms with Crippen LogP contribution in [-0.4, -0.2) is 24.5 Å². The Morgan fingerprint density at radius 2 is 1.57 bits per heavy atom. The van der Waals surface area contributed by atoms with Crippen LogP contribution in [0.3, 0.4) is 0 Å². The largest absolute Gasteiger partial charge is 0.469 e. The molecule has 0 aliphatic carbocycles. The number of carbonyl (C=O) groups is 1. The van der Waals surface area contributed by atoms with Gasteiger partial charge in [0.25, 0.3) is 0 Å². The minimum absolute atomic E-state index is 0.158. The second kappa shape index (κ2) is 8.49. The van der Waals surface area contributed by atoms with Crippen LogP contribution in [0.2, 0.25) is 0 Å². The standard InChI is InChI=1S/C20H25NO2/c1-16(20(22)23-3)14-21(15-18-10-6-4-7-11-18)17(2)19-12-8-5-9-13-19/h4-13,16-17H,14-15H2,1-3H3/t16-,17-/m0/s1. The summed E-state index contributed by atoms with van der Waals surface area (Å²) < 4.78 is 4.88. The van der Waals surface area contributed by atoms with Gasteiger partial charge >= 0.3 is 5.97 Å². The Morgan fingerprint density at radius 1 is 1.00 bits per heavy atom. The molecule has 0 N–H and O–H groups in total. The first-order valence-corrected chi connectivity index (χ1v) is 8.02. The van der Waals surface area contributed by atoms with Crippen molar-refractivity contribution in [3.63, 3.8) is 0 Å². The van der Waals surface area contributed by atoms with Crippen molar-refractivity contribution in [2.24, 2.45) is 5.92 Å². The van der Waals surface area contributed by atoms with Gasteiger partial charge in [-0.05, 0) is 18.1 Å². The summed E-state index contributed by atoms with van der Waals surface area (Å²) in [6.45, 7) is 5.57. The van der Waals surface area contributed by atoms with Crippen LogP contribution in [0, 0.1) is 5.92 Å².